The SMILES string of the molecule is O=[N+]([O-])c1cc(Cl)cnc1N1CCNCc2ccccc21. The van der Waals surface area contributed by atoms with Crippen molar-refractivity contribution < 1.29 is 4.92 Å². The lowest BCUT2D eigenvalue weighted by Gasteiger charge is -2.23. The van der Waals surface area contributed by atoms with Gasteiger partial charge in [-0.05, 0) is 11.6 Å². The van der Waals surface area contributed by atoms with Gasteiger partial charge in [0, 0.05) is 37.6 Å². The van der Waals surface area contributed by atoms with Gasteiger partial charge in [-0.15, -0.1) is 0 Å². The molecular formula is C14H13ClN4O2. The minimum absolute atomic E-state index is 0.0841. The van der Waals surface area contributed by atoms with Crippen LogP contribution >= 0.6 is 11.6 Å². The van der Waals surface area contributed by atoms with Crippen LogP contribution in [0.25, 0.3) is 0 Å². The lowest BCUT2D eigenvalue weighted by Crippen LogP contribution is -2.25. The lowest BCUT2D eigenvalue weighted by molar-refractivity contribution is -0.384. The van der Waals surface area contributed by atoms with Gasteiger partial charge in [-0.3, -0.25) is 10.1 Å². The second-order valence-electron chi connectivity index (χ2n) is 4.71. The third kappa shape index (κ3) is 2.68. The van der Waals surface area contributed by atoms with Gasteiger partial charge in [0.05, 0.1) is 9.95 Å². The van der Waals surface area contributed by atoms with Crippen LogP contribution in [-0.2, 0) is 6.54 Å². The molecule has 21 heavy (non-hydrogen) atoms. The number of anilines is 2. The van der Waals surface area contributed by atoms with E-state index in [4.69, 9.17) is 11.6 Å². The summed E-state index contributed by atoms with van der Waals surface area (Å²) < 4.78 is 0. The van der Waals surface area contributed by atoms with Crippen LogP contribution in [0.5, 0.6) is 0 Å². The Morgan fingerprint density at radius 1 is 1.38 bits per heavy atom. The van der Waals surface area contributed by atoms with Crippen molar-refractivity contribution in [2.75, 3.05) is 18.0 Å². The Labute approximate surface area is 126 Å². The van der Waals surface area contributed by atoms with Gasteiger partial charge in [-0.1, -0.05) is 29.8 Å². The number of benzene rings is 1. The molecule has 0 unspecified atom stereocenters. The first-order valence-corrected chi connectivity index (χ1v) is 6.90. The van der Waals surface area contributed by atoms with Crippen molar-refractivity contribution in [1.82, 2.24) is 10.3 Å². The number of nitrogens with zero attached hydrogens (tertiary/aromatic N) is 3. The fraction of sp³-hybridized carbons (Fsp3) is 0.214. The Hall–Kier alpha value is -2.18. The highest BCUT2D eigenvalue weighted by Gasteiger charge is 2.25. The summed E-state index contributed by atoms with van der Waals surface area (Å²) in [6.07, 6.45) is 1.44. The van der Waals surface area contributed by atoms with Crippen molar-refractivity contribution in [3.05, 3.63) is 57.2 Å². The number of fused-ring (bicyclic) bond motifs is 1. The molecule has 0 atom stereocenters. The molecule has 2 aromatic rings. The zero-order chi connectivity index (χ0) is 14.8. The van der Waals surface area contributed by atoms with Crippen molar-refractivity contribution in [2.45, 2.75) is 6.54 Å². The summed E-state index contributed by atoms with van der Waals surface area (Å²) in [5.74, 6) is 0.320. The molecule has 108 valence electrons. The maximum Gasteiger partial charge on any atom is 0.313 e. The molecule has 0 aliphatic carbocycles. The van der Waals surface area contributed by atoms with E-state index < -0.39 is 4.92 Å². The molecule has 0 bridgehead atoms. The van der Waals surface area contributed by atoms with E-state index in [0.29, 0.717) is 12.4 Å². The van der Waals surface area contributed by atoms with E-state index in [2.05, 4.69) is 10.3 Å². The lowest BCUT2D eigenvalue weighted by atomic mass is 10.1. The van der Waals surface area contributed by atoms with Gasteiger partial charge >= 0.3 is 5.69 Å². The Kier molecular flexibility index (Phi) is 3.72. The van der Waals surface area contributed by atoms with E-state index in [-0.39, 0.29) is 10.7 Å². The summed E-state index contributed by atoms with van der Waals surface area (Å²) in [5.41, 5.74) is 1.93. The largest absolute Gasteiger partial charge is 0.319 e. The van der Waals surface area contributed by atoms with Crippen molar-refractivity contribution in [1.29, 1.82) is 0 Å². The Bertz CT molecular complexity index is 692. The van der Waals surface area contributed by atoms with Crippen molar-refractivity contribution in [3.63, 3.8) is 0 Å². The third-order valence-corrected chi connectivity index (χ3v) is 3.58. The maximum absolute atomic E-state index is 11.3. The molecular weight excluding hydrogens is 292 g/mol. The number of hydrogen-bond acceptors (Lipinski definition) is 5. The van der Waals surface area contributed by atoms with Crippen LogP contribution in [-0.4, -0.2) is 23.0 Å². The molecule has 1 aromatic heterocycles. The second-order valence-corrected chi connectivity index (χ2v) is 5.15. The predicted octanol–water partition coefficient (Wildman–Crippen LogP) is 2.88. The van der Waals surface area contributed by atoms with E-state index in [9.17, 15) is 10.1 Å². The van der Waals surface area contributed by atoms with E-state index >= 15 is 0 Å². The van der Waals surface area contributed by atoms with Gasteiger partial charge in [0.1, 0.15) is 0 Å². The second kappa shape index (κ2) is 5.67. The molecule has 3 rings (SSSR count). The van der Waals surface area contributed by atoms with Crippen molar-refractivity contribution >= 4 is 28.8 Å². The van der Waals surface area contributed by atoms with E-state index in [0.717, 1.165) is 24.3 Å². The maximum atomic E-state index is 11.3. The molecule has 0 spiro atoms. The number of para-hydroxylation sites is 1. The molecule has 7 heteroatoms. The summed E-state index contributed by atoms with van der Waals surface area (Å²) in [7, 11) is 0. The van der Waals surface area contributed by atoms with Gasteiger partial charge in [0.25, 0.3) is 0 Å². The first kappa shape index (κ1) is 13.8. The summed E-state index contributed by atoms with van der Waals surface area (Å²) in [4.78, 5) is 16.9. The smallest absolute Gasteiger partial charge is 0.313 e. The van der Waals surface area contributed by atoms with E-state index in [1.165, 1.54) is 12.3 Å². The van der Waals surface area contributed by atoms with Crippen LogP contribution in [0.3, 0.4) is 0 Å². The van der Waals surface area contributed by atoms with Crippen LogP contribution in [0.2, 0.25) is 5.02 Å². The molecule has 0 saturated heterocycles. The number of hydrogen-bond donors (Lipinski definition) is 1. The average molecular weight is 305 g/mol. The van der Waals surface area contributed by atoms with E-state index in [1.54, 1.807) is 0 Å². The molecule has 0 radical (unpaired) electrons. The van der Waals surface area contributed by atoms with E-state index in [1.807, 2.05) is 29.2 Å². The topological polar surface area (TPSA) is 71.3 Å². The third-order valence-electron chi connectivity index (χ3n) is 3.38. The predicted molar refractivity (Wildman–Crippen MR) is 81.1 cm³/mol. The van der Waals surface area contributed by atoms with Crippen LogP contribution < -0.4 is 10.2 Å². The molecule has 1 aliphatic rings. The highest BCUT2D eigenvalue weighted by molar-refractivity contribution is 6.30. The number of aromatic nitrogens is 1. The zero-order valence-corrected chi connectivity index (χ0v) is 11.9. The standard InChI is InChI=1S/C14H13ClN4O2/c15-11-7-13(19(20)21)14(17-9-11)18-6-5-16-8-10-3-1-2-4-12(10)18/h1-4,7,9,16H,5-6,8H2. The molecule has 0 saturated carbocycles. The van der Waals surface area contributed by atoms with Crippen LogP contribution in [0.15, 0.2) is 36.5 Å². The fourth-order valence-corrected chi connectivity index (χ4v) is 2.59. The normalized spacial score (nSPS) is 14.4. The van der Waals surface area contributed by atoms with Gasteiger partial charge < -0.3 is 10.2 Å². The van der Waals surface area contributed by atoms with Crippen LogP contribution in [0, 0.1) is 10.1 Å². The minimum atomic E-state index is -0.449. The molecule has 1 aliphatic heterocycles. The number of nitro groups is 1. The zero-order valence-electron chi connectivity index (χ0n) is 11.1. The Morgan fingerprint density at radius 2 is 2.19 bits per heavy atom. The van der Waals surface area contributed by atoms with Crippen molar-refractivity contribution in [2.24, 2.45) is 0 Å². The molecule has 2 heterocycles. The monoisotopic (exact) mass is 304 g/mol. The Balaban J connectivity index is 2.14. The Morgan fingerprint density at radius 3 is 3.00 bits per heavy atom. The molecule has 0 amide bonds. The summed E-state index contributed by atoms with van der Waals surface area (Å²) in [5, 5.41) is 14.8. The number of rotatable bonds is 2. The average Bonchev–Trinajstić information content (AvgIpc) is 2.69. The summed E-state index contributed by atoms with van der Waals surface area (Å²) >= 11 is 5.83. The number of pyridine rings is 1. The van der Waals surface area contributed by atoms with Gasteiger partial charge in [-0.2, -0.15) is 0 Å². The molecule has 0 fully saturated rings. The minimum Gasteiger partial charge on any atom is -0.319 e. The van der Waals surface area contributed by atoms with Crippen LogP contribution in [0.4, 0.5) is 17.2 Å². The summed E-state index contributed by atoms with van der Waals surface area (Å²) in [6, 6.07) is 9.15. The number of halogens is 1. The quantitative estimate of drug-likeness (QED) is 0.682. The van der Waals surface area contributed by atoms with Gasteiger partial charge in [-0.25, -0.2) is 4.98 Å². The highest BCUT2D eigenvalue weighted by Crippen LogP contribution is 2.35. The molecule has 1 aromatic carbocycles. The number of nitrogens with one attached hydrogen (secondary N) is 1. The summed E-state index contributed by atoms with van der Waals surface area (Å²) in [6.45, 7) is 2.05. The first-order chi connectivity index (χ1) is 10.2. The van der Waals surface area contributed by atoms with Gasteiger partial charge in [0.2, 0.25) is 5.82 Å². The first-order valence-electron chi connectivity index (χ1n) is 6.53. The van der Waals surface area contributed by atoms with Gasteiger partial charge in [0.15, 0.2) is 0 Å². The highest BCUT2D eigenvalue weighted by atomic mass is 35.5. The van der Waals surface area contributed by atoms with Crippen molar-refractivity contribution in [3.8, 4) is 0 Å². The van der Waals surface area contributed by atoms with Crippen LogP contribution in [0.1, 0.15) is 5.56 Å². The molecule has 1 N–H and O–H groups in total. The molecule has 6 nitrogen and oxygen atoms in total. The fourth-order valence-electron chi connectivity index (χ4n) is 2.44.